The molecule has 1 fully saturated rings. The lowest BCUT2D eigenvalue weighted by Gasteiger charge is -2.29. The standard InChI is InChI=1S/C17H29N2O/c1-17(2,3)16-8-6-15(7-9-16)14-19(20)12-5-10-18(4)11-13-19/h6-9,20H,5,10-14H2,1-4H3/q+1. The molecule has 3 nitrogen and oxygen atoms in total. The summed E-state index contributed by atoms with van der Waals surface area (Å²) in [7, 11) is 2.13. The quantitative estimate of drug-likeness (QED) is 0.840. The predicted molar refractivity (Wildman–Crippen MR) is 82.7 cm³/mol. The van der Waals surface area contributed by atoms with Crippen LogP contribution in [0.1, 0.15) is 38.3 Å². The summed E-state index contributed by atoms with van der Waals surface area (Å²) in [5.74, 6) is 0. The highest BCUT2D eigenvalue weighted by Crippen LogP contribution is 2.23. The van der Waals surface area contributed by atoms with E-state index >= 15 is 0 Å². The van der Waals surface area contributed by atoms with Crippen LogP contribution in [-0.4, -0.2) is 48.0 Å². The number of quaternary nitrogens is 1. The van der Waals surface area contributed by atoms with Gasteiger partial charge in [0.1, 0.15) is 19.6 Å². The number of hydrogen-bond acceptors (Lipinski definition) is 2. The summed E-state index contributed by atoms with van der Waals surface area (Å²) >= 11 is 0. The Hall–Kier alpha value is -0.900. The molecule has 0 radical (unpaired) electrons. The van der Waals surface area contributed by atoms with Crippen molar-refractivity contribution in [3.63, 3.8) is 0 Å². The van der Waals surface area contributed by atoms with Crippen LogP contribution in [0.15, 0.2) is 24.3 Å². The molecule has 1 heterocycles. The van der Waals surface area contributed by atoms with E-state index in [-0.39, 0.29) is 10.1 Å². The average Bonchev–Trinajstić information content (AvgIpc) is 2.51. The number of likely N-dealkylation sites (N-methyl/N-ethyl adjacent to an activating group) is 1. The maximum Gasteiger partial charge on any atom is 0.134 e. The summed E-state index contributed by atoms with van der Waals surface area (Å²) in [6.07, 6.45) is 1.06. The maximum atomic E-state index is 10.8. The van der Waals surface area contributed by atoms with Crippen LogP contribution in [0.5, 0.6) is 0 Å². The van der Waals surface area contributed by atoms with E-state index in [1.165, 1.54) is 11.1 Å². The molecule has 0 saturated carbocycles. The summed E-state index contributed by atoms with van der Waals surface area (Å²) in [5.41, 5.74) is 2.77. The van der Waals surface area contributed by atoms with E-state index in [0.29, 0.717) is 0 Å². The average molecular weight is 277 g/mol. The Balaban J connectivity index is 2.05. The zero-order valence-corrected chi connectivity index (χ0v) is 13.4. The molecular formula is C17H29N2O+. The molecule has 1 aromatic carbocycles. The van der Waals surface area contributed by atoms with Crippen LogP contribution in [0.2, 0.25) is 0 Å². The monoisotopic (exact) mass is 277 g/mol. The van der Waals surface area contributed by atoms with Crippen molar-refractivity contribution in [3.8, 4) is 0 Å². The summed E-state index contributed by atoms with van der Waals surface area (Å²) in [5, 5.41) is 10.8. The Labute approximate surface area is 123 Å². The van der Waals surface area contributed by atoms with Crippen LogP contribution in [0.25, 0.3) is 0 Å². The number of hydrogen-bond donors (Lipinski definition) is 1. The Kier molecular flexibility index (Phi) is 4.52. The van der Waals surface area contributed by atoms with Crippen LogP contribution >= 0.6 is 0 Å². The lowest BCUT2D eigenvalue weighted by molar-refractivity contribution is -1.11. The van der Waals surface area contributed by atoms with Gasteiger partial charge in [-0.15, -0.1) is 0 Å². The third-order valence-electron chi connectivity index (χ3n) is 4.31. The van der Waals surface area contributed by atoms with E-state index in [2.05, 4.69) is 57.0 Å². The van der Waals surface area contributed by atoms with E-state index in [1.54, 1.807) is 0 Å². The van der Waals surface area contributed by atoms with Gasteiger partial charge in [0.05, 0.1) is 6.54 Å². The minimum absolute atomic E-state index is 0.180. The van der Waals surface area contributed by atoms with Gasteiger partial charge in [0.2, 0.25) is 0 Å². The molecule has 1 aliphatic rings. The lowest BCUT2D eigenvalue weighted by atomic mass is 9.87. The Bertz CT molecular complexity index is 435. The fourth-order valence-electron chi connectivity index (χ4n) is 2.82. The fraction of sp³-hybridized carbons (Fsp3) is 0.647. The van der Waals surface area contributed by atoms with Gasteiger partial charge in [-0.25, -0.2) is 5.21 Å². The van der Waals surface area contributed by atoms with Crippen molar-refractivity contribution < 1.29 is 9.85 Å². The second kappa shape index (κ2) is 5.84. The van der Waals surface area contributed by atoms with Gasteiger partial charge in [-0.1, -0.05) is 45.0 Å². The van der Waals surface area contributed by atoms with Gasteiger partial charge in [0.25, 0.3) is 0 Å². The first-order chi connectivity index (χ1) is 9.28. The molecule has 2 rings (SSSR count). The molecule has 0 aliphatic carbocycles. The van der Waals surface area contributed by atoms with Crippen LogP contribution in [0.3, 0.4) is 0 Å². The van der Waals surface area contributed by atoms with E-state index in [0.717, 1.165) is 39.1 Å². The summed E-state index contributed by atoms with van der Waals surface area (Å²) in [4.78, 5) is 2.30. The van der Waals surface area contributed by atoms with Gasteiger partial charge in [-0.05, 0) is 18.0 Å². The highest BCUT2D eigenvalue weighted by molar-refractivity contribution is 5.27. The zero-order chi connectivity index (χ0) is 14.8. The van der Waals surface area contributed by atoms with Crippen molar-refractivity contribution in [1.29, 1.82) is 0 Å². The second-order valence-corrected chi connectivity index (χ2v) is 7.30. The van der Waals surface area contributed by atoms with E-state index in [4.69, 9.17) is 0 Å². The SMILES string of the molecule is CN1CCC[N+](O)(Cc2ccc(C(C)(C)C)cc2)CC1. The first-order valence-electron chi connectivity index (χ1n) is 7.65. The second-order valence-electron chi connectivity index (χ2n) is 7.30. The first kappa shape index (κ1) is 15.5. The van der Waals surface area contributed by atoms with Crippen molar-refractivity contribution in [2.24, 2.45) is 0 Å². The Morgan fingerprint density at radius 2 is 1.75 bits per heavy atom. The molecule has 1 aromatic rings. The molecule has 1 saturated heterocycles. The molecular weight excluding hydrogens is 248 g/mol. The van der Waals surface area contributed by atoms with Crippen molar-refractivity contribution in [2.75, 3.05) is 33.2 Å². The predicted octanol–water partition coefficient (Wildman–Crippen LogP) is 3.03. The van der Waals surface area contributed by atoms with Gasteiger partial charge in [-0.3, -0.25) is 0 Å². The van der Waals surface area contributed by atoms with Crippen LogP contribution < -0.4 is 0 Å². The zero-order valence-electron chi connectivity index (χ0n) is 13.4. The third-order valence-corrected chi connectivity index (χ3v) is 4.31. The fourth-order valence-corrected chi connectivity index (χ4v) is 2.82. The van der Waals surface area contributed by atoms with Gasteiger partial charge < -0.3 is 4.90 Å². The Morgan fingerprint density at radius 1 is 1.10 bits per heavy atom. The molecule has 3 heteroatoms. The van der Waals surface area contributed by atoms with Crippen LogP contribution in [-0.2, 0) is 12.0 Å². The number of rotatable bonds is 2. The van der Waals surface area contributed by atoms with E-state index in [9.17, 15) is 5.21 Å². The molecule has 0 bridgehead atoms. The van der Waals surface area contributed by atoms with Crippen molar-refractivity contribution in [3.05, 3.63) is 35.4 Å². The van der Waals surface area contributed by atoms with Crippen molar-refractivity contribution in [1.82, 2.24) is 4.90 Å². The molecule has 20 heavy (non-hydrogen) atoms. The summed E-state index contributed by atoms with van der Waals surface area (Å²) < 4.78 is 0.180. The van der Waals surface area contributed by atoms with Crippen molar-refractivity contribution >= 4 is 0 Å². The van der Waals surface area contributed by atoms with E-state index < -0.39 is 0 Å². The van der Waals surface area contributed by atoms with Crippen molar-refractivity contribution in [2.45, 2.75) is 39.2 Å². The number of nitrogens with zero attached hydrogens (tertiary/aromatic N) is 2. The molecule has 1 atom stereocenters. The molecule has 112 valence electrons. The number of hydroxylamine groups is 3. The molecule has 1 N–H and O–H groups in total. The normalized spacial score (nSPS) is 25.4. The molecule has 0 aromatic heterocycles. The topological polar surface area (TPSA) is 23.5 Å². The minimum atomic E-state index is 0.180. The molecule has 0 spiro atoms. The van der Waals surface area contributed by atoms with Gasteiger partial charge in [0, 0.05) is 18.5 Å². The van der Waals surface area contributed by atoms with Gasteiger partial charge in [-0.2, -0.15) is 4.65 Å². The minimum Gasteiger partial charge on any atom is -0.301 e. The first-order valence-corrected chi connectivity index (χ1v) is 7.65. The lowest BCUT2D eigenvalue weighted by Crippen LogP contribution is -2.46. The number of benzene rings is 1. The van der Waals surface area contributed by atoms with E-state index in [1.807, 2.05) is 0 Å². The highest BCUT2D eigenvalue weighted by atomic mass is 16.5. The highest BCUT2D eigenvalue weighted by Gasteiger charge is 2.28. The summed E-state index contributed by atoms with van der Waals surface area (Å²) in [6.45, 7) is 11.1. The molecule has 1 unspecified atom stereocenters. The molecule has 0 amide bonds. The largest absolute Gasteiger partial charge is 0.301 e. The van der Waals surface area contributed by atoms with Gasteiger partial charge >= 0.3 is 0 Å². The maximum absolute atomic E-state index is 10.8. The Morgan fingerprint density at radius 3 is 2.35 bits per heavy atom. The third kappa shape index (κ3) is 4.05. The molecule has 1 aliphatic heterocycles. The van der Waals surface area contributed by atoms with Crippen LogP contribution in [0.4, 0.5) is 0 Å². The van der Waals surface area contributed by atoms with Gasteiger partial charge in [0.15, 0.2) is 0 Å². The smallest absolute Gasteiger partial charge is 0.134 e. The van der Waals surface area contributed by atoms with Crippen LogP contribution in [0, 0.1) is 0 Å². The summed E-state index contributed by atoms with van der Waals surface area (Å²) in [6, 6.07) is 8.74.